The van der Waals surface area contributed by atoms with Gasteiger partial charge in [-0.1, -0.05) is 40.2 Å². The van der Waals surface area contributed by atoms with Crippen LogP contribution < -0.4 is 0 Å². The second-order valence-corrected chi connectivity index (χ2v) is 6.54. The summed E-state index contributed by atoms with van der Waals surface area (Å²) < 4.78 is 0.935. The molecular formula is C15H17BrO2S. The molecule has 0 aliphatic heterocycles. The summed E-state index contributed by atoms with van der Waals surface area (Å²) in [5, 5.41) is 21.7. The fraction of sp³-hybridized carbons (Fsp3) is 0.333. The van der Waals surface area contributed by atoms with E-state index in [1.165, 1.54) is 4.88 Å². The Balaban J connectivity index is 2.24. The summed E-state index contributed by atoms with van der Waals surface area (Å²) >= 11 is 5.22. The number of hydrogen-bond donors (Lipinski definition) is 2. The fourth-order valence-electron chi connectivity index (χ4n) is 2.22. The van der Waals surface area contributed by atoms with Crippen molar-refractivity contribution in [2.75, 3.05) is 13.2 Å². The van der Waals surface area contributed by atoms with Crippen LogP contribution in [0.4, 0.5) is 0 Å². The first kappa shape index (κ1) is 14.7. The molecule has 2 N–H and O–H groups in total. The number of aliphatic hydroxyl groups is 2. The molecule has 0 saturated carbocycles. The molecule has 4 heteroatoms. The summed E-state index contributed by atoms with van der Waals surface area (Å²) in [7, 11) is 0. The Bertz CT molecular complexity index is 507. The third-order valence-electron chi connectivity index (χ3n) is 3.48. The van der Waals surface area contributed by atoms with E-state index in [4.69, 9.17) is 0 Å². The SMILES string of the molecule is OCC(CO)(CCc1cccs1)c1ccccc1Br. The first-order valence-electron chi connectivity index (χ1n) is 6.21. The highest BCUT2D eigenvalue weighted by Gasteiger charge is 2.32. The topological polar surface area (TPSA) is 40.5 Å². The summed E-state index contributed by atoms with van der Waals surface area (Å²) in [6.45, 7) is -0.116. The molecule has 0 atom stereocenters. The normalized spacial score (nSPS) is 11.7. The zero-order valence-electron chi connectivity index (χ0n) is 10.6. The Kier molecular flexibility index (Phi) is 5.16. The van der Waals surface area contributed by atoms with Gasteiger partial charge in [-0.05, 0) is 35.9 Å². The largest absolute Gasteiger partial charge is 0.395 e. The van der Waals surface area contributed by atoms with E-state index in [-0.39, 0.29) is 13.2 Å². The summed E-state index contributed by atoms with van der Waals surface area (Å²) in [5.41, 5.74) is 0.376. The number of aryl methyl sites for hydroxylation is 1. The molecule has 0 aliphatic carbocycles. The minimum Gasteiger partial charge on any atom is -0.395 e. The highest BCUT2D eigenvalue weighted by molar-refractivity contribution is 9.10. The number of thiophene rings is 1. The van der Waals surface area contributed by atoms with Crippen LogP contribution in [-0.4, -0.2) is 23.4 Å². The monoisotopic (exact) mass is 340 g/mol. The number of aliphatic hydroxyl groups excluding tert-OH is 2. The van der Waals surface area contributed by atoms with Gasteiger partial charge in [0, 0.05) is 14.8 Å². The first-order valence-corrected chi connectivity index (χ1v) is 7.88. The highest BCUT2D eigenvalue weighted by atomic mass is 79.9. The van der Waals surface area contributed by atoms with E-state index in [2.05, 4.69) is 22.0 Å². The standard InChI is InChI=1S/C15H17BrO2S/c16-14-6-2-1-5-13(14)15(10-17,11-18)8-7-12-4-3-9-19-12/h1-6,9,17-18H,7-8,10-11H2. The third-order valence-corrected chi connectivity index (χ3v) is 5.11. The number of halogens is 1. The lowest BCUT2D eigenvalue weighted by Crippen LogP contribution is -2.35. The quantitative estimate of drug-likeness (QED) is 0.846. The maximum Gasteiger partial charge on any atom is 0.0550 e. The van der Waals surface area contributed by atoms with Crippen molar-refractivity contribution in [1.29, 1.82) is 0 Å². The number of hydrogen-bond acceptors (Lipinski definition) is 3. The van der Waals surface area contributed by atoms with Gasteiger partial charge in [0.1, 0.15) is 0 Å². The van der Waals surface area contributed by atoms with E-state index in [1.54, 1.807) is 11.3 Å². The first-order chi connectivity index (χ1) is 9.22. The number of benzene rings is 1. The zero-order valence-corrected chi connectivity index (χ0v) is 13.0. The van der Waals surface area contributed by atoms with Gasteiger partial charge in [-0.15, -0.1) is 11.3 Å². The molecule has 2 nitrogen and oxygen atoms in total. The summed E-state index contributed by atoms with van der Waals surface area (Å²) in [6.07, 6.45) is 1.59. The van der Waals surface area contributed by atoms with Crippen LogP contribution >= 0.6 is 27.3 Å². The molecule has 1 aromatic heterocycles. The van der Waals surface area contributed by atoms with Crippen LogP contribution in [0.3, 0.4) is 0 Å². The molecule has 2 rings (SSSR count). The molecule has 1 aromatic carbocycles. The molecule has 0 radical (unpaired) electrons. The van der Waals surface area contributed by atoms with E-state index in [9.17, 15) is 10.2 Å². The highest BCUT2D eigenvalue weighted by Crippen LogP contribution is 2.34. The minimum atomic E-state index is -0.593. The second-order valence-electron chi connectivity index (χ2n) is 4.66. The maximum atomic E-state index is 9.81. The molecule has 0 spiro atoms. The van der Waals surface area contributed by atoms with Gasteiger partial charge in [-0.2, -0.15) is 0 Å². The van der Waals surface area contributed by atoms with E-state index in [1.807, 2.05) is 35.7 Å². The van der Waals surface area contributed by atoms with Gasteiger partial charge in [0.2, 0.25) is 0 Å². The minimum absolute atomic E-state index is 0.0580. The van der Waals surface area contributed by atoms with Crippen molar-refractivity contribution in [2.24, 2.45) is 0 Å². The number of rotatable bonds is 6. The summed E-state index contributed by atoms with van der Waals surface area (Å²) in [4.78, 5) is 1.28. The van der Waals surface area contributed by atoms with Crippen molar-refractivity contribution >= 4 is 27.3 Å². The third kappa shape index (κ3) is 3.26. The van der Waals surface area contributed by atoms with E-state index in [0.717, 1.165) is 22.9 Å². The van der Waals surface area contributed by atoms with Gasteiger partial charge >= 0.3 is 0 Å². The van der Waals surface area contributed by atoms with Crippen molar-refractivity contribution in [1.82, 2.24) is 0 Å². The lowest BCUT2D eigenvalue weighted by molar-refractivity contribution is 0.109. The van der Waals surface area contributed by atoms with E-state index in [0.29, 0.717) is 0 Å². The second kappa shape index (κ2) is 6.66. The Hall–Kier alpha value is -0.680. The molecule has 2 aromatic rings. The lowest BCUT2D eigenvalue weighted by atomic mass is 9.78. The van der Waals surface area contributed by atoms with Gasteiger partial charge < -0.3 is 10.2 Å². The Morgan fingerprint density at radius 1 is 1.05 bits per heavy atom. The van der Waals surface area contributed by atoms with Crippen molar-refractivity contribution in [3.63, 3.8) is 0 Å². The predicted octanol–water partition coefficient (Wildman–Crippen LogP) is 3.37. The lowest BCUT2D eigenvalue weighted by Gasteiger charge is -2.31. The van der Waals surface area contributed by atoms with Gasteiger partial charge in [0.05, 0.1) is 13.2 Å². The average molecular weight is 341 g/mol. The van der Waals surface area contributed by atoms with Crippen molar-refractivity contribution in [3.05, 3.63) is 56.7 Å². The Labute approximate surface area is 125 Å². The predicted molar refractivity (Wildman–Crippen MR) is 82.6 cm³/mol. The molecular weight excluding hydrogens is 324 g/mol. The van der Waals surface area contributed by atoms with Crippen molar-refractivity contribution < 1.29 is 10.2 Å². The van der Waals surface area contributed by atoms with Crippen LogP contribution in [0.15, 0.2) is 46.3 Å². The van der Waals surface area contributed by atoms with Crippen LogP contribution in [0.2, 0.25) is 0 Å². The van der Waals surface area contributed by atoms with E-state index < -0.39 is 5.41 Å². The van der Waals surface area contributed by atoms with Gasteiger partial charge in [0.25, 0.3) is 0 Å². The van der Waals surface area contributed by atoms with Crippen molar-refractivity contribution in [2.45, 2.75) is 18.3 Å². The fourth-order valence-corrected chi connectivity index (χ4v) is 3.64. The summed E-state index contributed by atoms with van der Waals surface area (Å²) in [5.74, 6) is 0. The van der Waals surface area contributed by atoms with E-state index >= 15 is 0 Å². The van der Waals surface area contributed by atoms with Gasteiger partial charge in [-0.25, -0.2) is 0 Å². The van der Waals surface area contributed by atoms with Crippen LogP contribution in [0.1, 0.15) is 16.9 Å². The van der Waals surface area contributed by atoms with Crippen LogP contribution in [0, 0.1) is 0 Å². The molecule has 0 saturated heterocycles. The molecule has 0 aliphatic rings. The van der Waals surface area contributed by atoms with Gasteiger partial charge in [-0.3, -0.25) is 0 Å². The smallest absolute Gasteiger partial charge is 0.0550 e. The Morgan fingerprint density at radius 3 is 2.37 bits per heavy atom. The molecule has 102 valence electrons. The maximum absolute atomic E-state index is 9.81. The average Bonchev–Trinajstić information content (AvgIpc) is 2.95. The molecule has 1 heterocycles. The molecule has 19 heavy (non-hydrogen) atoms. The van der Waals surface area contributed by atoms with Gasteiger partial charge in [0.15, 0.2) is 0 Å². The zero-order chi connectivity index (χ0) is 13.7. The molecule has 0 bridgehead atoms. The molecule has 0 amide bonds. The Morgan fingerprint density at radius 2 is 1.79 bits per heavy atom. The van der Waals surface area contributed by atoms with Crippen LogP contribution in [0.25, 0.3) is 0 Å². The van der Waals surface area contributed by atoms with Crippen LogP contribution in [0.5, 0.6) is 0 Å². The summed E-state index contributed by atoms with van der Waals surface area (Å²) in [6, 6.07) is 11.9. The van der Waals surface area contributed by atoms with Crippen molar-refractivity contribution in [3.8, 4) is 0 Å². The van der Waals surface area contributed by atoms with Crippen LogP contribution in [-0.2, 0) is 11.8 Å². The molecule has 0 unspecified atom stereocenters. The molecule has 0 fully saturated rings.